The van der Waals surface area contributed by atoms with Crippen LogP contribution >= 0.6 is 0 Å². The molecule has 2 aromatic rings. The molecule has 0 unspecified atom stereocenters. The fraction of sp³-hybridized carbons (Fsp3) is 0.619. The zero-order chi connectivity index (χ0) is 19.5. The molecule has 1 amide bonds. The maximum atomic E-state index is 13.2. The lowest BCUT2D eigenvalue weighted by Gasteiger charge is -2.45. The van der Waals surface area contributed by atoms with Gasteiger partial charge in [-0.3, -0.25) is 14.8 Å². The van der Waals surface area contributed by atoms with E-state index in [4.69, 9.17) is 4.74 Å². The van der Waals surface area contributed by atoms with Crippen molar-refractivity contribution in [1.82, 2.24) is 20.0 Å². The van der Waals surface area contributed by atoms with Crippen molar-refractivity contribution in [2.75, 3.05) is 46.0 Å². The number of aryl methyl sites for hydroxylation is 1. The maximum Gasteiger partial charge on any atom is 0.275 e. The number of fused-ring (bicyclic) bond motifs is 1. The van der Waals surface area contributed by atoms with Crippen LogP contribution in [0.15, 0.2) is 18.2 Å². The number of aromatic nitrogens is 2. The second kappa shape index (κ2) is 8.59. The van der Waals surface area contributed by atoms with Crippen molar-refractivity contribution in [2.24, 2.45) is 5.92 Å². The van der Waals surface area contributed by atoms with Crippen molar-refractivity contribution in [2.45, 2.75) is 32.2 Å². The third kappa shape index (κ3) is 3.92. The predicted molar refractivity (Wildman–Crippen MR) is 107 cm³/mol. The van der Waals surface area contributed by atoms with Crippen molar-refractivity contribution in [1.29, 1.82) is 0 Å². The molecule has 2 N–H and O–H groups in total. The van der Waals surface area contributed by atoms with Gasteiger partial charge < -0.3 is 14.7 Å². The van der Waals surface area contributed by atoms with Crippen LogP contribution in [0.1, 0.15) is 35.3 Å². The minimum absolute atomic E-state index is 0.00581. The zero-order valence-electron chi connectivity index (χ0n) is 16.6. The van der Waals surface area contributed by atoms with Gasteiger partial charge in [0.2, 0.25) is 0 Å². The molecule has 2 aliphatic heterocycles. The van der Waals surface area contributed by atoms with Crippen LogP contribution in [0.3, 0.4) is 0 Å². The van der Waals surface area contributed by atoms with Crippen molar-refractivity contribution in [3.05, 3.63) is 29.5 Å². The van der Waals surface area contributed by atoms with Gasteiger partial charge >= 0.3 is 0 Å². The van der Waals surface area contributed by atoms with E-state index in [0.717, 1.165) is 75.1 Å². The summed E-state index contributed by atoms with van der Waals surface area (Å²) in [7, 11) is 0. The summed E-state index contributed by atoms with van der Waals surface area (Å²) in [6, 6.07) is 6.48. The molecule has 3 heterocycles. The molecule has 4 rings (SSSR count). The zero-order valence-corrected chi connectivity index (χ0v) is 16.6. The highest BCUT2D eigenvalue weighted by molar-refractivity contribution is 6.04. The number of rotatable bonds is 5. The van der Waals surface area contributed by atoms with Crippen molar-refractivity contribution in [3.63, 3.8) is 0 Å². The molecule has 2 saturated heterocycles. The van der Waals surface area contributed by atoms with Gasteiger partial charge in [0, 0.05) is 44.2 Å². The van der Waals surface area contributed by atoms with Gasteiger partial charge in [-0.05, 0) is 44.2 Å². The lowest BCUT2D eigenvalue weighted by atomic mass is 9.86. The number of aliphatic hydroxyl groups is 1. The first-order chi connectivity index (χ1) is 13.7. The minimum atomic E-state index is 0.00581. The average molecular weight is 386 g/mol. The summed E-state index contributed by atoms with van der Waals surface area (Å²) < 4.78 is 5.51. The van der Waals surface area contributed by atoms with E-state index in [9.17, 15) is 9.90 Å². The number of aromatic amines is 1. The largest absolute Gasteiger partial charge is 0.396 e. The summed E-state index contributed by atoms with van der Waals surface area (Å²) >= 11 is 0. The van der Waals surface area contributed by atoms with Gasteiger partial charge in [-0.1, -0.05) is 11.6 Å². The summed E-state index contributed by atoms with van der Waals surface area (Å²) in [5.41, 5.74) is 2.54. The molecule has 1 aromatic carbocycles. The molecule has 0 spiro atoms. The van der Waals surface area contributed by atoms with Crippen molar-refractivity contribution < 1.29 is 14.6 Å². The number of amides is 1. The standard InChI is InChI=1S/C21H30N4O3/c1-15-4-5-18-17(13-15)20(23-22-18)21(27)25-7-6-19(16(14-25)3-2-10-26)24-8-11-28-12-9-24/h4-5,13,16,19,26H,2-3,6-12,14H2,1H3,(H,22,23)/t16-,19+/m1/s1. The lowest BCUT2D eigenvalue weighted by Crippen LogP contribution is -2.55. The number of ether oxygens (including phenoxy) is 1. The first kappa shape index (κ1) is 19.4. The van der Waals surface area contributed by atoms with Gasteiger partial charge in [-0.15, -0.1) is 0 Å². The number of likely N-dealkylation sites (tertiary alicyclic amines) is 1. The fourth-order valence-corrected chi connectivity index (χ4v) is 4.67. The van der Waals surface area contributed by atoms with Crippen LogP contribution in [0.5, 0.6) is 0 Å². The van der Waals surface area contributed by atoms with E-state index in [1.54, 1.807) is 0 Å². The number of nitrogens with zero attached hydrogens (tertiary/aromatic N) is 3. The summed E-state index contributed by atoms with van der Waals surface area (Å²) in [6.45, 7) is 7.17. The van der Waals surface area contributed by atoms with Gasteiger partial charge in [0.1, 0.15) is 0 Å². The van der Waals surface area contributed by atoms with Crippen LogP contribution in [0.4, 0.5) is 0 Å². The summed E-state index contributed by atoms with van der Waals surface area (Å²) in [4.78, 5) is 17.7. The first-order valence-electron chi connectivity index (χ1n) is 10.3. The Hall–Kier alpha value is -1.96. The Morgan fingerprint density at radius 3 is 2.93 bits per heavy atom. The smallest absolute Gasteiger partial charge is 0.275 e. The van der Waals surface area contributed by atoms with Crippen LogP contribution in [0.25, 0.3) is 10.9 Å². The SMILES string of the molecule is Cc1ccc2[nH]nc(C(=O)N3CC[C@H](N4CCOCC4)[C@H](CCCO)C3)c2c1. The van der Waals surface area contributed by atoms with Gasteiger partial charge in [-0.2, -0.15) is 5.10 Å². The van der Waals surface area contributed by atoms with E-state index in [1.165, 1.54) is 0 Å². The van der Waals surface area contributed by atoms with E-state index in [-0.39, 0.29) is 12.5 Å². The molecule has 2 fully saturated rings. The maximum absolute atomic E-state index is 13.2. The molecule has 152 valence electrons. The lowest BCUT2D eigenvalue weighted by molar-refractivity contribution is -0.0197. The van der Waals surface area contributed by atoms with E-state index in [0.29, 0.717) is 17.7 Å². The van der Waals surface area contributed by atoms with Gasteiger partial charge in [0.05, 0.1) is 18.7 Å². The number of benzene rings is 1. The minimum Gasteiger partial charge on any atom is -0.396 e. The van der Waals surface area contributed by atoms with E-state index >= 15 is 0 Å². The molecule has 28 heavy (non-hydrogen) atoms. The highest BCUT2D eigenvalue weighted by atomic mass is 16.5. The molecule has 0 aliphatic carbocycles. The Kier molecular flexibility index (Phi) is 5.94. The molecular weight excluding hydrogens is 356 g/mol. The van der Waals surface area contributed by atoms with Gasteiger partial charge in [0.25, 0.3) is 5.91 Å². The quantitative estimate of drug-likeness (QED) is 0.819. The summed E-state index contributed by atoms with van der Waals surface area (Å²) in [5.74, 6) is 0.376. The highest BCUT2D eigenvalue weighted by Gasteiger charge is 2.36. The monoisotopic (exact) mass is 386 g/mol. The van der Waals surface area contributed by atoms with E-state index in [1.807, 2.05) is 30.0 Å². The molecule has 2 atom stereocenters. The van der Waals surface area contributed by atoms with E-state index < -0.39 is 0 Å². The molecule has 1 aromatic heterocycles. The number of carbonyl (C=O) groups excluding carboxylic acids is 1. The van der Waals surface area contributed by atoms with Crippen molar-refractivity contribution in [3.8, 4) is 0 Å². The highest BCUT2D eigenvalue weighted by Crippen LogP contribution is 2.29. The number of piperidine rings is 1. The van der Waals surface area contributed by atoms with Crippen molar-refractivity contribution >= 4 is 16.8 Å². The molecule has 7 nitrogen and oxygen atoms in total. The summed E-state index contributed by atoms with van der Waals surface area (Å²) in [5, 5.41) is 17.5. The predicted octanol–water partition coefficient (Wildman–Crippen LogP) is 1.81. The van der Waals surface area contributed by atoms with Crippen LogP contribution < -0.4 is 0 Å². The van der Waals surface area contributed by atoms with Gasteiger partial charge in [-0.25, -0.2) is 0 Å². The van der Waals surface area contributed by atoms with E-state index in [2.05, 4.69) is 15.1 Å². The molecule has 2 aliphatic rings. The van der Waals surface area contributed by atoms with Crippen LogP contribution in [-0.4, -0.2) is 83.1 Å². The number of hydrogen-bond acceptors (Lipinski definition) is 5. The van der Waals surface area contributed by atoms with Crippen LogP contribution in [-0.2, 0) is 4.74 Å². The third-order valence-electron chi connectivity index (χ3n) is 6.15. The Labute approximate surface area is 165 Å². The number of aliphatic hydroxyl groups excluding tert-OH is 1. The molecule has 0 bridgehead atoms. The normalized spacial score (nSPS) is 24.0. The Balaban J connectivity index is 1.51. The molecular formula is C21H30N4O3. The Morgan fingerprint density at radius 2 is 2.14 bits per heavy atom. The summed E-state index contributed by atoms with van der Waals surface area (Å²) in [6.07, 6.45) is 2.67. The average Bonchev–Trinajstić information content (AvgIpc) is 3.15. The molecule has 7 heteroatoms. The molecule has 0 radical (unpaired) electrons. The number of morpholine rings is 1. The number of hydrogen-bond donors (Lipinski definition) is 2. The first-order valence-corrected chi connectivity index (χ1v) is 10.3. The third-order valence-corrected chi connectivity index (χ3v) is 6.15. The number of H-pyrrole nitrogens is 1. The molecule has 0 saturated carbocycles. The second-order valence-corrected chi connectivity index (χ2v) is 8.00. The Morgan fingerprint density at radius 1 is 1.32 bits per heavy atom. The van der Waals surface area contributed by atoms with Gasteiger partial charge in [0.15, 0.2) is 5.69 Å². The Bertz CT molecular complexity index is 815. The fourth-order valence-electron chi connectivity index (χ4n) is 4.67. The number of carbonyl (C=O) groups is 1. The number of nitrogens with one attached hydrogen (secondary N) is 1. The second-order valence-electron chi connectivity index (χ2n) is 8.00. The topological polar surface area (TPSA) is 81.7 Å². The van der Waals surface area contributed by atoms with Crippen LogP contribution in [0, 0.1) is 12.8 Å². The van der Waals surface area contributed by atoms with Crippen LogP contribution in [0.2, 0.25) is 0 Å².